The molecule has 0 bridgehead atoms. The van der Waals surface area contributed by atoms with Gasteiger partial charge < -0.3 is 20.4 Å². The Hall–Kier alpha value is -2.08. The van der Waals surface area contributed by atoms with Crippen LogP contribution in [0.1, 0.15) is 16.8 Å². The van der Waals surface area contributed by atoms with Crippen molar-refractivity contribution in [3.63, 3.8) is 0 Å². The predicted molar refractivity (Wildman–Crippen MR) is 84.0 cm³/mol. The van der Waals surface area contributed by atoms with Gasteiger partial charge in [-0.1, -0.05) is 0 Å². The molecule has 4 rings (SSSR count). The van der Waals surface area contributed by atoms with Gasteiger partial charge in [-0.15, -0.1) is 0 Å². The molecule has 6 heteroatoms. The largest absolute Gasteiger partial charge is 0.374 e. The molecule has 0 saturated carbocycles. The van der Waals surface area contributed by atoms with Crippen molar-refractivity contribution in [3.8, 4) is 0 Å². The van der Waals surface area contributed by atoms with E-state index >= 15 is 0 Å². The van der Waals surface area contributed by atoms with Gasteiger partial charge in [-0.05, 0) is 44.1 Å². The summed E-state index contributed by atoms with van der Waals surface area (Å²) in [5.74, 6) is 0.591. The summed E-state index contributed by atoms with van der Waals surface area (Å²) < 4.78 is 0. The second-order valence-corrected chi connectivity index (χ2v) is 6.47. The molecule has 3 aliphatic rings. The molecule has 0 radical (unpaired) electrons. The van der Waals surface area contributed by atoms with Gasteiger partial charge in [-0.3, -0.25) is 9.59 Å². The van der Waals surface area contributed by atoms with E-state index in [9.17, 15) is 9.59 Å². The summed E-state index contributed by atoms with van der Waals surface area (Å²) >= 11 is 0. The van der Waals surface area contributed by atoms with Crippen molar-refractivity contribution in [3.05, 3.63) is 23.8 Å². The van der Waals surface area contributed by atoms with Crippen LogP contribution >= 0.6 is 0 Å². The van der Waals surface area contributed by atoms with Crippen molar-refractivity contribution < 1.29 is 9.59 Å². The van der Waals surface area contributed by atoms with Crippen LogP contribution in [-0.2, 0) is 4.79 Å². The van der Waals surface area contributed by atoms with Crippen LogP contribution in [0.3, 0.4) is 0 Å². The Balaban J connectivity index is 1.54. The Morgan fingerprint density at radius 2 is 2.14 bits per heavy atom. The van der Waals surface area contributed by atoms with Crippen molar-refractivity contribution in [2.24, 2.45) is 5.92 Å². The normalized spacial score (nSPS) is 27.1. The summed E-state index contributed by atoms with van der Waals surface area (Å²) in [4.78, 5) is 28.5. The fraction of sp³-hybridized carbons (Fsp3) is 0.500. The highest BCUT2D eigenvalue weighted by Gasteiger charge is 2.41. The third-order valence-electron chi connectivity index (χ3n) is 5.09. The SMILES string of the molecule is CN1CC[C@@H]2CN(C(=O)c3ccc4c(c3)NC(=O)CN4)C[C@@H]21. The van der Waals surface area contributed by atoms with Gasteiger partial charge in [0.05, 0.1) is 17.9 Å². The van der Waals surface area contributed by atoms with Crippen LogP contribution in [-0.4, -0.2) is 60.9 Å². The van der Waals surface area contributed by atoms with Gasteiger partial charge in [0.25, 0.3) is 5.91 Å². The first kappa shape index (κ1) is 13.6. The number of likely N-dealkylation sites (N-methyl/N-ethyl adjacent to an activating group) is 1. The average Bonchev–Trinajstić information content (AvgIpc) is 3.08. The third kappa shape index (κ3) is 2.14. The van der Waals surface area contributed by atoms with E-state index in [2.05, 4.69) is 22.6 Å². The monoisotopic (exact) mass is 300 g/mol. The van der Waals surface area contributed by atoms with E-state index in [1.165, 1.54) is 6.42 Å². The lowest BCUT2D eigenvalue weighted by molar-refractivity contribution is -0.114. The van der Waals surface area contributed by atoms with Gasteiger partial charge in [-0.2, -0.15) is 0 Å². The Bertz CT molecular complexity index is 645. The van der Waals surface area contributed by atoms with Crippen molar-refractivity contribution in [1.29, 1.82) is 0 Å². The molecule has 22 heavy (non-hydrogen) atoms. The quantitative estimate of drug-likeness (QED) is 0.806. The summed E-state index contributed by atoms with van der Waals surface area (Å²) in [5, 5.41) is 5.85. The number of amides is 2. The second-order valence-electron chi connectivity index (χ2n) is 6.47. The highest BCUT2D eigenvalue weighted by atomic mass is 16.2. The summed E-state index contributed by atoms with van der Waals surface area (Å²) in [6, 6.07) is 5.98. The van der Waals surface area contributed by atoms with Crippen LogP contribution in [0.25, 0.3) is 0 Å². The fourth-order valence-electron chi connectivity index (χ4n) is 3.83. The number of carbonyl (C=O) groups is 2. The van der Waals surface area contributed by atoms with Crippen molar-refractivity contribution in [2.75, 3.05) is 43.9 Å². The number of hydrogen-bond donors (Lipinski definition) is 2. The standard InChI is InChI=1S/C16H20N4O2/c1-19-5-4-11-8-20(9-14(11)19)16(22)10-2-3-12-13(6-10)18-15(21)7-17-12/h2-3,6,11,14,17H,4-5,7-9H2,1H3,(H,18,21)/t11-,14+/m1/s1. The lowest BCUT2D eigenvalue weighted by atomic mass is 10.1. The van der Waals surface area contributed by atoms with E-state index < -0.39 is 0 Å². The van der Waals surface area contributed by atoms with Crippen LogP contribution in [0.2, 0.25) is 0 Å². The molecule has 0 unspecified atom stereocenters. The number of fused-ring (bicyclic) bond motifs is 2. The molecule has 0 spiro atoms. The number of nitrogens with one attached hydrogen (secondary N) is 2. The molecule has 116 valence electrons. The predicted octanol–water partition coefficient (Wildman–Crippen LogP) is 0.827. The minimum Gasteiger partial charge on any atom is -0.374 e. The Morgan fingerprint density at radius 1 is 1.27 bits per heavy atom. The molecular weight excluding hydrogens is 280 g/mol. The summed E-state index contributed by atoms with van der Waals surface area (Å²) in [6.07, 6.45) is 1.18. The molecule has 2 saturated heterocycles. The average molecular weight is 300 g/mol. The van der Waals surface area contributed by atoms with Gasteiger partial charge in [0.2, 0.25) is 5.91 Å². The molecule has 2 atom stereocenters. The molecule has 3 aliphatic heterocycles. The lowest BCUT2D eigenvalue weighted by Crippen LogP contribution is -2.35. The minimum atomic E-state index is -0.0746. The van der Waals surface area contributed by atoms with E-state index in [1.807, 2.05) is 17.0 Å². The highest BCUT2D eigenvalue weighted by Crippen LogP contribution is 2.32. The zero-order valence-electron chi connectivity index (χ0n) is 12.6. The van der Waals surface area contributed by atoms with Gasteiger partial charge in [-0.25, -0.2) is 0 Å². The van der Waals surface area contributed by atoms with Crippen molar-refractivity contribution in [1.82, 2.24) is 9.80 Å². The van der Waals surface area contributed by atoms with Crippen molar-refractivity contribution in [2.45, 2.75) is 12.5 Å². The Kier molecular flexibility index (Phi) is 3.07. The highest BCUT2D eigenvalue weighted by molar-refractivity contribution is 6.03. The van der Waals surface area contributed by atoms with E-state index in [0.717, 1.165) is 25.3 Å². The van der Waals surface area contributed by atoms with E-state index in [0.29, 0.717) is 23.2 Å². The molecule has 2 fully saturated rings. The first-order chi connectivity index (χ1) is 10.6. The Labute approximate surface area is 129 Å². The van der Waals surface area contributed by atoms with Crippen LogP contribution in [0.15, 0.2) is 18.2 Å². The van der Waals surface area contributed by atoms with E-state index in [1.54, 1.807) is 6.07 Å². The number of hydrogen-bond acceptors (Lipinski definition) is 4. The maximum absolute atomic E-state index is 12.7. The van der Waals surface area contributed by atoms with Gasteiger partial charge in [0.1, 0.15) is 0 Å². The molecule has 0 aliphatic carbocycles. The van der Waals surface area contributed by atoms with Gasteiger partial charge in [0.15, 0.2) is 0 Å². The summed E-state index contributed by atoms with van der Waals surface area (Å²) in [5.41, 5.74) is 2.21. The van der Waals surface area contributed by atoms with Crippen LogP contribution in [0.5, 0.6) is 0 Å². The summed E-state index contributed by atoms with van der Waals surface area (Å²) in [7, 11) is 2.14. The zero-order valence-corrected chi connectivity index (χ0v) is 12.6. The van der Waals surface area contributed by atoms with E-state index in [4.69, 9.17) is 0 Å². The first-order valence-electron chi connectivity index (χ1n) is 7.79. The fourth-order valence-corrected chi connectivity index (χ4v) is 3.83. The lowest BCUT2D eigenvalue weighted by Gasteiger charge is -2.22. The number of rotatable bonds is 1. The number of anilines is 2. The van der Waals surface area contributed by atoms with Crippen LogP contribution in [0, 0.1) is 5.92 Å². The van der Waals surface area contributed by atoms with E-state index in [-0.39, 0.29) is 18.4 Å². The summed E-state index contributed by atoms with van der Waals surface area (Å²) in [6.45, 7) is 3.06. The molecule has 3 heterocycles. The smallest absolute Gasteiger partial charge is 0.253 e. The minimum absolute atomic E-state index is 0.0606. The number of likely N-dealkylation sites (tertiary alicyclic amines) is 2. The molecule has 0 aromatic heterocycles. The second kappa shape index (κ2) is 4.98. The molecular formula is C16H20N4O2. The molecule has 1 aromatic carbocycles. The third-order valence-corrected chi connectivity index (χ3v) is 5.09. The van der Waals surface area contributed by atoms with Gasteiger partial charge >= 0.3 is 0 Å². The molecule has 2 amide bonds. The van der Waals surface area contributed by atoms with Crippen molar-refractivity contribution >= 4 is 23.2 Å². The maximum atomic E-state index is 12.7. The molecule has 6 nitrogen and oxygen atoms in total. The number of benzene rings is 1. The Morgan fingerprint density at radius 3 is 2.95 bits per heavy atom. The molecule has 2 N–H and O–H groups in total. The number of nitrogens with zero attached hydrogens (tertiary/aromatic N) is 2. The topological polar surface area (TPSA) is 64.7 Å². The van der Waals surface area contributed by atoms with Crippen LogP contribution in [0.4, 0.5) is 11.4 Å². The first-order valence-corrected chi connectivity index (χ1v) is 7.79. The number of carbonyl (C=O) groups excluding carboxylic acids is 2. The zero-order chi connectivity index (χ0) is 15.3. The van der Waals surface area contributed by atoms with Gasteiger partial charge in [0, 0.05) is 24.7 Å². The molecule has 1 aromatic rings. The van der Waals surface area contributed by atoms with Crippen LogP contribution < -0.4 is 10.6 Å². The maximum Gasteiger partial charge on any atom is 0.253 e.